The number of carbonyl (C=O) groups is 2. The summed E-state index contributed by atoms with van der Waals surface area (Å²) in [5.74, 6) is -0.383. The third-order valence-corrected chi connectivity index (χ3v) is 4.50. The zero-order valence-electron chi connectivity index (χ0n) is 15.6. The molecule has 4 heteroatoms. The van der Waals surface area contributed by atoms with Crippen molar-refractivity contribution < 1.29 is 9.59 Å². The van der Waals surface area contributed by atoms with Crippen LogP contribution in [0, 0.1) is 20.8 Å². The fourth-order valence-corrected chi connectivity index (χ4v) is 2.59. The van der Waals surface area contributed by atoms with Crippen molar-refractivity contribution in [3.8, 4) is 0 Å². The predicted octanol–water partition coefficient (Wildman–Crippen LogP) is 4.39. The van der Waals surface area contributed by atoms with Crippen molar-refractivity contribution in [3.05, 3.63) is 64.2 Å². The lowest BCUT2D eigenvalue weighted by Crippen LogP contribution is -2.32. The Hall–Kier alpha value is -2.62. The first kappa shape index (κ1) is 18.7. The van der Waals surface area contributed by atoms with Gasteiger partial charge < -0.3 is 10.6 Å². The third-order valence-electron chi connectivity index (χ3n) is 4.50. The Bertz CT molecular complexity index is 796. The van der Waals surface area contributed by atoms with Gasteiger partial charge in [0.1, 0.15) is 0 Å². The highest BCUT2D eigenvalue weighted by atomic mass is 16.2. The summed E-state index contributed by atoms with van der Waals surface area (Å²) in [6.07, 6.45) is 0.849. The van der Waals surface area contributed by atoms with Crippen molar-refractivity contribution >= 4 is 17.5 Å². The largest absolute Gasteiger partial charge is 0.350 e. The maximum absolute atomic E-state index is 12.7. The van der Waals surface area contributed by atoms with Crippen molar-refractivity contribution in [2.45, 2.75) is 47.1 Å². The zero-order valence-corrected chi connectivity index (χ0v) is 15.6. The fraction of sp³-hybridized carbons (Fsp3) is 0.333. The van der Waals surface area contributed by atoms with E-state index in [4.69, 9.17) is 0 Å². The summed E-state index contributed by atoms with van der Waals surface area (Å²) in [6, 6.07) is 11.1. The van der Waals surface area contributed by atoms with Gasteiger partial charge in [-0.15, -0.1) is 0 Å². The van der Waals surface area contributed by atoms with Crippen LogP contribution in [0.15, 0.2) is 36.4 Å². The minimum atomic E-state index is -0.204. The second-order valence-electron chi connectivity index (χ2n) is 6.53. The number of aryl methyl sites for hydroxylation is 3. The average Bonchev–Trinajstić information content (AvgIpc) is 2.58. The van der Waals surface area contributed by atoms with Crippen molar-refractivity contribution in [2.24, 2.45) is 0 Å². The van der Waals surface area contributed by atoms with E-state index in [0.717, 1.165) is 23.1 Å². The van der Waals surface area contributed by atoms with Gasteiger partial charge in [0.25, 0.3) is 11.8 Å². The minimum absolute atomic E-state index is 0.0817. The number of amides is 2. The van der Waals surface area contributed by atoms with E-state index >= 15 is 0 Å². The molecule has 0 radical (unpaired) electrons. The molecule has 2 rings (SSSR count). The van der Waals surface area contributed by atoms with Crippen LogP contribution in [0.2, 0.25) is 0 Å². The molecule has 0 unspecified atom stereocenters. The molecule has 0 fully saturated rings. The van der Waals surface area contributed by atoms with Gasteiger partial charge in [0.15, 0.2) is 0 Å². The molecule has 0 saturated heterocycles. The molecule has 4 nitrogen and oxygen atoms in total. The van der Waals surface area contributed by atoms with Crippen LogP contribution in [0.25, 0.3) is 0 Å². The van der Waals surface area contributed by atoms with Gasteiger partial charge >= 0.3 is 0 Å². The van der Waals surface area contributed by atoms with E-state index in [-0.39, 0.29) is 17.9 Å². The van der Waals surface area contributed by atoms with E-state index < -0.39 is 0 Å². The third kappa shape index (κ3) is 4.47. The van der Waals surface area contributed by atoms with E-state index in [1.165, 1.54) is 0 Å². The SMILES string of the molecule is CC[C@@H](C)NC(=O)c1ccccc1NC(=O)c1cc(C)c(C)cc1C. The molecule has 0 aliphatic heterocycles. The van der Waals surface area contributed by atoms with Crippen LogP contribution in [0.1, 0.15) is 57.7 Å². The number of rotatable bonds is 5. The van der Waals surface area contributed by atoms with Crippen LogP contribution in [0.4, 0.5) is 5.69 Å². The molecular weight excluding hydrogens is 312 g/mol. The molecule has 0 bridgehead atoms. The van der Waals surface area contributed by atoms with Gasteiger partial charge in [-0.3, -0.25) is 9.59 Å². The Morgan fingerprint density at radius 2 is 1.56 bits per heavy atom. The van der Waals surface area contributed by atoms with Gasteiger partial charge in [0, 0.05) is 11.6 Å². The molecule has 2 aromatic carbocycles. The highest BCUT2D eigenvalue weighted by molar-refractivity contribution is 6.09. The van der Waals surface area contributed by atoms with Gasteiger partial charge in [-0.25, -0.2) is 0 Å². The van der Waals surface area contributed by atoms with Gasteiger partial charge in [-0.05, 0) is 69.0 Å². The van der Waals surface area contributed by atoms with E-state index in [2.05, 4.69) is 10.6 Å². The Labute approximate surface area is 149 Å². The van der Waals surface area contributed by atoms with Crippen LogP contribution in [0.3, 0.4) is 0 Å². The second-order valence-corrected chi connectivity index (χ2v) is 6.53. The fourth-order valence-electron chi connectivity index (χ4n) is 2.59. The van der Waals surface area contributed by atoms with E-state index in [9.17, 15) is 9.59 Å². The van der Waals surface area contributed by atoms with Crippen LogP contribution >= 0.6 is 0 Å². The summed E-state index contributed by atoms with van der Waals surface area (Å²) in [5.41, 5.74) is 4.76. The van der Waals surface area contributed by atoms with Crippen molar-refractivity contribution in [1.29, 1.82) is 0 Å². The maximum Gasteiger partial charge on any atom is 0.255 e. The first-order valence-electron chi connectivity index (χ1n) is 8.62. The highest BCUT2D eigenvalue weighted by Gasteiger charge is 2.16. The number of para-hydroxylation sites is 1. The maximum atomic E-state index is 12.7. The number of hydrogen-bond donors (Lipinski definition) is 2. The van der Waals surface area contributed by atoms with E-state index in [1.807, 2.05) is 52.8 Å². The quantitative estimate of drug-likeness (QED) is 0.849. The molecule has 0 spiro atoms. The smallest absolute Gasteiger partial charge is 0.255 e. The number of anilines is 1. The van der Waals surface area contributed by atoms with Crippen molar-refractivity contribution in [1.82, 2.24) is 5.32 Å². The Morgan fingerprint density at radius 1 is 0.920 bits per heavy atom. The molecule has 1 atom stereocenters. The summed E-state index contributed by atoms with van der Waals surface area (Å²) in [7, 11) is 0. The summed E-state index contributed by atoms with van der Waals surface area (Å²) in [5, 5.41) is 5.82. The lowest BCUT2D eigenvalue weighted by atomic mass is 10.00. The molecule has 0 saturated carbocycles. The van der Waals surface area contributed by atoms with Gasteiger partial charge in [0.2, 0.25) is 0 Å². The molecule has 25 heavy (non-hydrogen) atoms. The van der Waals surface area contributed by atoms with Crippen molar-refractivity contribution in [3.63, 3.8) is 0 Å². The predicted molar refractivity (Wildman–Crippen MR) is 102 cm³/mol. The van der Waals surface area contributed by atoms with E-state index in [1.54, 1.807) is 18.2 Å². The molecule has 0 aliphatic rings. The number of carbonyl (C=O) groups excluding carboxylic acids is 2. The lowest BCUT2D eigenvalue weighted by Gasteiger charge is -2.15. The first-order chi connectivity index (χ1) is 11.8. The highest BCUT2D eigenvalue weighted by Crippen LogP contribution is 2.20. The van der Waals surface area contributed by atoms with Crippen LogP contribution in [-0.4, -0.2) is 17.9 Å². The standard InChI is InChI=1S/C21H26N2O2/c1-6-16(5)22-20(24)17-9-7-8-10-19(17)23-21(25)18-12-14(3)13(2)11-15(18)4/h7-12,16H,6H2,1-5H3,(H,22,24)(H,23,25)/t16-/m1/s1. The molecule has 2 amide bonds. The Balaban J connectivity index is 2.28. The van der Waals surface area contributed by atoms with Crippen LogP contribution in [-0.2, 0) is 0 Å². The monoisotopic (exact) mass is 338 g/mol. The second kappa shape index (κ2) is 7.97. The van der Waals surface area contributed by atoms with Crippen LogP contribution in [0.5, 0.6) is 0 Å². The average molecular weight is 338 g/mol. The van der Waals surface area contributed by atoms with Crippen LogP contribution < -0.4 is 10.6 Å². The lowest BCUT2D eigenvalue weighted by molar-refractivity contribution is 0.0940. The minimum Gasteiger partial charge on any atom is -0.350 e. The molecule has 2 aromatic rings. The molecule has 2 N–H and O–H groups in total. The topological polar surface area (TPSA) is 58.2 Å². The molecule has 0 aromatic heterocycles. The van der Waals surface area contributed by atoms with Gasteiger partial charge in [0.05, 0.1) is 11.3 Å². The summed E-state index contributed by atoms with van der Waals surface area (Å²) in [4.78, 5) is 25.2. The number of nitrogens with one attached hydrogen (secondary N) is 2. The van der Waals surface area contributed by atoms with Gasteiger partial charge in [-0.1, -0.05) is 25.1 Å². The van der Waals surface area contributed by atoms with Gasteiger partial charge in [-0.2, -0.15) is 0 Å². The van der Waals surface area contributed by atoms with Crippen molar-refractivity contribution in [2.75, 3.05) is 5.32 Å². The summed E-state index contributed by atoms with van der Waals surface area (Å²) in [6.45, 7) is 9.90. The molecular formula is C21H26N2O2. The molecule has 132 valence electrons. The summed E-state index contributed by atoms with van der Waals surface area (Å²) >= 11 is 0. The Morgan fingerprint density at radius 3 is 2.24 bits per heavy atom. The zero-order chi connectivity index (χ0) is 18.6. The number of benzene rings is 2. The number of hydrogen-bond acceptors (Lipinski definition) is 2. The Kier molecular flexibility index (Phi) is 5.97. The molecule has 0 heterocycles. The molecule has 0 aliphatic carbocycles. The normalized spacial score (nSPS) is 11.7. The summed E-state index contributed by atoms with van der Waals surface area (Å²) < 4.78 is 0. The van der Waals surface area contributed by atoms with E-state index in [0.29, 0.717) is 16.8 Å². The first-order valence-corrected chi connectivity index (χ1v) is 8.62.